The number of nitrogen functional groups attached to an aromatic ring is 1. The Morgan fingerprint density at radius 3 is 2.71 bits per heavy atom. The van der Waals surface area contributed by atoms with E-state index in [1.54, 1.807) is 50.7 Å². The summed E-state index contributed by atoms with van der Waals surface area (Å²) >= 11 is 0. The molecular formula is C15H17N3O3. The normalized spacial score (nSPS) is 10.0. The van der Waals surface area contributed by atoms with Crippen molar-refractivity contribution in [2.75, 3.05) is 20.0 Å². The number of rotatable bonds is 5. The Hall–Kier alpha value is -2.76. The second-order valence-electron chi connectivity index (χ2n) is 4.34. The summed E-state index contributed by atoms with van der Waals surface area (Å²) in [5.74, 6) is 0.875. The Morgan fingerprint density at radius 2 is 2.05 bits per heavy atom. The first-order chi connectivity index (χ1) is 10.1. The summed E-state index contributed by atoms with van der Waals surface area (Å²) in [4.78, 5) is 16.1. The monoisotopic (exact) mass is 287 g/mol. The van der Waals surface area contributed by atoms with E-state index in [2.05, 4.69) is 10.3 Å². The quantitative estimate of drug-likeness (QED) is 0.816. The van der Waals surface area contributed by atoms with Crippen LogP contribution >= 0.6 is 0 Å². The van der Waals surface area contributed by atoms with Crippen molar-refractivity contribution in [3.8, 4) is 11.6 Å². The molecule has 0 aliphatic rings. The summed E-state index contributed by atoms with van der Waals surface area (Å²) in [5, 5.41) is 2.80. The summed E-state index contributed by atoms with van der Waals surface area (Å²) in [6.07, 6.45) is 1.63. The van der Waals surface area contributed by atoms with Gasteiger partial charge in [0.05, 0.1) is 19.8 Å². The number of carbonyl (C=O) groups excluding carboxylic acids is 1. The molecule has 6 nitrogen and oxygen atoms in total. The van der Waals surface area contributed by atoms with Crippen LogP contribution in [0, 0.1) is 0 Å². The van der Waals surface area contributed by atoms with E-state index in [0.717, 1.165) is 5.56 Å². The van der Waals surface area contributed by atoms with Gasteiger partial charge in [0.2, 0.25) is 5.88 Å². The number of carbonyl (C=O) groups is 1. The number of nitrogens with two attached hydrogens (primary N) is 1. The van der Waals surface area contributed by atoms with Crippen LogP contribution in [0.15, 0.2) is 36.5 Å². The van der Waals surface area contributed by atoms with Crippen molar-refractivity contribution in [1.29, 1.82) is 0 Å². The Labute approximate surface area is 122 Å². The highest BCUT2D eigenvalue weighted by Crippen LogP contribution is 2.19. The average molecular weight is 287 g/mol. The van der Waals surface area contributed by atoms with Crippen LogP contribution in [-0.4, -0.2) is 25.1 Å². The molecule has 110 valence electrons. The minimum atomic E-state index is -0.245. The number of aromatic nitrogens is 1. The second-order valence-corrected chi connectivity index (χ2v) is 4.34. The number of nitrogens with one attached hydrogen (secondary N) is 1. The molecule has 6 heteroatoms. The number of benzene rings is 1. The number of hydrogen-bond acceptors (Lipinski definition) is 5. The topological polar surface area (TPSA) is 86.5 Å². The zero-order valence-corrected chi connectivity index (χ0v) is 11.9. The molecule has 0 spiro atoms. The van der Waals surface area contributed by atoms with E-state index >= 15 is 0 Å². The Kier molecular flexibility index (Phi) is 4.61. The lowest BCUT2D eigenvalue weighted by molar-refractivity contribution is 0.0951. The molecular weight excluding hydrogens is 270 g/mol. The van der Waals surface area contributed by atoms with Crippen molar-refractivity contribution in [1.82, 2.24) is 10.3 Å². The van der Waals surface area contributed by atoms with E-state index in [1.165, 1.54) is 0 Å². The maximum absolute atomic E-state index is 12.1. The van der Waals surface area contributed by atoms with E-state index in [-0.39, 0.29) is 5.91 Å². The highest BCUT2D eigenvalue weighted by molar-refractivity contribution is 5.99. The van der Waals surface area contributed by atoms with Gasteiger partial charge in [-0.25, -0.2) is 4.98 Å². The third kappa shape index (κ3) is 3.62. The smallest absolute Gasteiger partial charge is 0.253 e. The van der Waals surface area contributed by atoms with Gasteiger partial charge in [-0.2, -0.15) is 0 Å². The van der Waals surface area contributed by atoms with Gasteiger partial charge in [-0.05, 0) is 23.8 Å². The zero-order valence-electron chi connectivity index (χ0n) is 11.9. The lowest BCUT2D eigenvalue weighted by Gasteiger charge is -2.09. The third-order valence-electron chi connectivity index (χ3n) is 2.96. The summed E-state index contributed by atoms with van der Waals surface area (Å²) < 4.78 is 10.1. The summed E-state index contributed by atoms with van der Waals surface area (Å²) in [7, 11) is 3.09. The molecule has 0 unspecified atom stereocenters. The van der Waals surface area contributed by atoms with Crippen LogP contribution in [0.5, 0.6) is 11.6 Å². The number of methoxy groups -OCH3 is 2. The van der Waals surface area contributed by atoms with Gasteiger partial charge in [-0.1, -0.05) is 0 Å². The molecule has 0 saturated carbocycles. The molecule has 0 aliphatic carbocycles. The number of hydrogen-bond donors (Lipinski definition) is 2. The van der Waals surface area contributed by atoms with Gasteiger partial charge < -0.3 is 20.5 Å². The number of pyridine rings is 1. The van der Waals surface area contributed by atoms with Gasteiger partial charge in [0.15, 0.2) is 0 Å². The summed E-state index contributed by atoms with van der Waals surface area (Å²) in [6, 6.07) is 8.51. The molecule has 0 aliphatic heterocycles. The Balaban J connectivity index is 2.04. The molecule has 0 radical (unpaired) electrons. The summed E-state index contributed by atoms with van der Waals surface area (Å²) in [5.41, 5.74) is 7.52. The van der Waals surface area contributed by atoms with E-state index in [0.29, 0.717) is 29.4 Å². The van der Waals surface area contributed by atoms with Crippen molar-refractivity contribution in [2.45, 2.75) is 6.54 Å². The molecule has 0 bridgehead atoms. The van der Waals surface area contributed by atoms with Crippen LogP contribution in [-0.2, 0) is 6.54 Å². The first-order valence-electron chi connectivity index (χ1n) is 6.34. The molecule has 0 atom stereocenters. The largest absolute Gasteiger partial charge is 0.497 e. The molecule has 1 aromatic carbocycles. The fraction of sp³-hybridized carbons (Fsp3) is 0.200. The van der Waals surface area contributed by atoms with Crippen LogP contribution in [0.1, 0.15) is 15.9 Å². The lowest BCUT2D eigenvalue weighted by Crippen LogP contribution is -2.23. The van der Waals surface area contributed by atoms with Gasteiger partial charge in [0.1, 0.15) is 5.75 Å². The minimum Gasteiger partial charge on any atom is -0.497 e. The first-order valence-corrected chi connectivity index (χ1v) is 6.34. The Morgan fingerprint density at radius 1 is 1.24 bits per heavy atom. The molecule has 1 heterocycles. The van der Waals surface area contributed by atoms with Gasteiger partial charge in [-0.3, -0.25) is 4.79 Å². The second kappa shape index (κ2) is 6.60. The van der Waals surface area contributed by atoms with Crippen molar-refractivity contribution < 1.29 is 14.3 Å². The van der Waals surface area contributed by atoms with Crippen molar-refractivity contribution in [2.24, 2.45) is 0 Å². The standard InChI is InChI=1S/C15H17N3O3/c1-20-11-3-4-12(13(16)8-11)15(19)18-9-10-5-6-17-14(7-10)21-2/h3-8H,9,16H2,1-2H3,(H,18,19). The molecule has 2 aromatic rings. The van der Waals surface area contributed by atoms with E-state index in [4.69, 9.17) is 15.2 Å². The van der Waals surface area contributed by atoms with Crippen molar-refractivity contribution >= 4 is 11.6 Å². The zero-order chi connectivity index (χ0) is 15.2. The van der Waals surface area contributed by atoms with Gasteiger partial charge in [0, 0.05) is 30.6 Å². The predicted octanol–water partition coefficient (Wildman–Crippen LogP) is 1.61. The van der Waals surface area contributed by atoms with Crippen LogP contribution in [0.2, 0.25) is 0 Å². The van der Waals surface area contributed by atoms with Crippen molar-refractivity contribution in [3.05, 3.63) is 47.7 Å². The fourth-order valence-electron chi connectivity index (χ4n) is 1.82. The molecule has 0 saturated heterocycles. The highest BCUT2D eigenvalue weighted by atomic mass is 16.5. The van der Waals surface area contributed by atoms with Crippen LogP contribution in [0.25, 0.3) is 0 Å². The highest BCUT2D eigenvalue weighted by Gasteiger charge is 2.10. The first kappa shape index (κ1) is 14.6. The van der Waals surface area contributed by atoms with Crippen LogP contribution in [0.4, 0.5) is 5.69 Å². The maximum Gasteiger partial charge on any atom is 0.253 e. The van der Waals surface area contributed by atoms with Gasteiger partial charge in [-0.15, -0.1) is 0 Å². The van der Waals surface area contributed by atoms with E-state index < -0.39 is 0 Å². The molecule has 21 heavy (non-hydrogen) atoms. The number of ether oxygens (including phenoxy) is 2. The fourth-order valence-corrected chi connectivity index (χ4v) is 1.82. The molecule has 1 amide bonds. The number of amides is 1. The Bertz CT molecular complexity index is 644. The van der Waals surface area contributed by atoms with E-state index in [1.807, 2.05) is 0 Å². The van der Waals surface area contributed by atoms with Crippen LogP contribution in [0.3, 0.4) is 0 Å². The van der Waals surface area contributed by atoms with E-state index in [9.17, 15) is 4.79 Å². The van der Waals surface area contributed by atoms with Crippen molar-refractivity contribution in [3.63, 3.8) is 0 Å². The maximum atomic E-state index is 12.1. The average Bonchev–Trinajstić information content (AvgIpc) is 2.52. The predicted molar refractivity (Wildman–Crippen MR) is 79.4 cm³/mol. The molecule has 0 fully saturated rings. The molecule has 2 rings (SSSR count). The van der Waals surface area contributed by atoms with Crippen LogP contribution < -0.4 is 20.5 Å². The molecule has 3 N–H and O–H groups in total. The van der Waals surface area contributed by atoms with Gasteiger partial charge in [0.25, 0.3) is 5.91 Å². The minimum absolute atomic E-state index is 0.245. The SMILES string of the molecule is COc1ccc(C(=O)NCc2ccnc(OC)c2)c(N)c1. The molecule has 1 aromatic heterocycles. The number of anilines is 1. The van der Waals surface area contributed by atoms with Gasteiger partial charge >= 0.3 is 0 Å². The number of nitrogens with zero attached hydrogens (tertiary/aromatic N) is 1. The third-order valence-corrected chi connectivity index (χ3v) is 2.96. The summed E-state index contributed by atoms with van der Waals surface area (Å²) in [6.45, 7) is 0.364. The lowest BCUT2D eigenvalue weighted by atomic mass is 10.1.